The first-order valence-corrected chi connectivity index (χ1v) is 9.52. The molecule has 1 atom stereocenters. The summed E-state index contributed by atoms with van der Waals surface area (Å²) in [5, 5.41) is 0. The van der Waals surface area contributed by atoms with Crippen molar-refractivity contribution in [2.45, 2.75) is 50.3 Å². The van der Waals surface area contributed by atoms with Crippen molar-refractivity contribution >= 4 is 15.9 Å². The quantitative estimate of drug-likeness (QED) is 0.790. The third kappa shape index (κ3) is 3.40. The fraction of sp³-hybridized carbons (Fsp3) is 0.500. The predicted octanol–water partition coefficient (Wildman–Crippen LogP) is 3.55. The van der Waals surface area contributed by atoms with E-state index in [1.54, 1.807) is 30.3 Å². The summed E-state index contributed by atoms with van der Waals surface area (Å²) in [7, 11) is -3.76. The number of benzene rings is 1. The highest BCUT2D eigenvalue weighted by molar-refractivity contribution is 7.86. The molecule has 0 radical (unpaired) electrons. The Morgan fingerprint density at radius 2 is 1.83 bits per heavy atom. The molecule has 1 aromatic rings. The normalized spacial score (nSPS) is 24.9. The minimum atomic E-state index is -3.76. The molecule has 0 heterocycles. The highest BCUT2D eigenvalue weighted by Gasteiger charge is 2.40. The van der Waals surface area contributed by atoms with Crippen LogP contribution in [0.2, 0.25) is 0 Å². The third-order valence-corrected chi connectivity index (χ3v) is 6.30. The van der Waals surface area contributed by atoms with E-state index in [0.717, 1.165) is 36.8 Å². The maximum absolute atomic E-state index is 12.4. The topological polar surface area (TPSA) is 60.4 Å². The number of hydrogen-bond acceptors (Lipinski definition) is 4. The molecule has 124 valence electrons. The molecule has 5 heteroatoms. The van der Waals surface area contributed by atoms with Crippen LogP contribution in [0.15, 0.2) is 40.8 Å². The van der Waals surface area contributed by atoms with E-state index in [4.69, 9.17) is 4.18 Å². The number of allylic oxidation sites excluding steroid dienone is 1. The minimum absolute atomic E-state index is 0.141. The maximum Gasteiger partial charge on any atom is 0.297 e. The molecule has 0 saturated heterocycles. The third-order valence-electron chi connectivity index (χ3n) is 5.02. The van der Waals surface area contributed by atoms with Gasteiger partial charge in [0.05, 0.1) is 11.5 Å². The molecule has 1 aromatic carbocycles. The first kappa shape index (κ1) is 16.4. The monoisotopic (exact) mass is 334 g/mol. The van der Waals surface area contributed by atoms with Crippen molar-refractivity contribution in [3.8, 4) is 0 Å². The van der Waals surface area contributed by atoms with Crippen LogP contribution in [0.3, 0.4) is 0 Å². The summed E-state index contributed by atoms with van der Waals surface area (Å²) < 4.78 is 30.2. The van der Waals surface area contributed by atoms with Crippen molar-refractivity contribution < 1.29 is 17.4 Å². The van der Waals surface area contributed by atoms with Gasteiger partial charge in [-0.3, -0.25) is 8.98 Å². The molecular formula is C18H22O4S. The van der Waals surface area contributed by atoms with E-state index < -0.39 is 10.1 Å². The molecule has 0 aliphatic heterocycles. The van der Waals surface area contributed by atoms with E-state index in [0.29, 0.717) is 12.8 Å². The average Bonchev–Trinajstić information content (AvgIpc) is 2.54. The molecule has 3 rings (SSSR count). The lowest BCUT2D eigenvalue weighted by Gasteiger charge is -2.41. The van der Waals surface area contributed by atoms with E-state index in [1.807, 2.05) is 6.92 Å². The van der Waals surface area contributed by atoms with Gasteiger partial charge in [0.15, 0.2) is 5.78 Å². The Morgan fingerprint density at radius 1 is 1.09 bits per heavy atom. The van der Waals surface area contributed by atoms with Crippen molar-refractivity contribution in [1.29, 1.82) is 0 Å². The molecule has 2 aliphatic carbocycles. The fourth-order valence-electron chi connectivity index (χ4n) is 3.54. The van der Waals surface area contributed by atoms with Crippen LogP contribution in [0.1, 0.15) is 44.1 Å². The molecule has 2 aliphatic rings. The van der Waals surface area contributed by atoms with Gasteiger partial charge in [0.25, 0.3) is 10.1 Å². The first-order valence-electron chi connectivity index (χ1n) is 8.11. The Labute approximate surface area is 137 Å². The summed E-state index contributed by atoms with van der Waals surface area (Å²) in [5.74, 6) is 0.152. The Balaban J connectivity index is 1.79. The number of ketones is 1. The van der Waals surface area contributed by atoms with Gasteiger partial charge >= 0.3 is 0 Å². The lowest BCUT2D eigenvalue weighted by molar-refractivity contribution is -0.116. The van der Waals surface area contributed by atoms with Crippen LogP contribution in [0.25, 0.3) is 0 Å². The van der Waals surface area contributed by atoms with Crippen LogP contribution in [-0.2, 0) is 19.1 Å². The second-order valence-corrected chi connectivity index (χ2v) is 8.27. The number of rotatable bonds is 4. The molecule has 1 saturated carbocycles. The molecule has 4 nitrogen and oxygen atoms in total. The smallest absolute Gasteiger partial charge is 0.295 e. The van der Waals surface area contributed by atoms with Crippen LogP contribution in [-0.4, -0.2) is 20.8 Å². The molecule has 0 N–H and O–H groups in total. The van der Waals surface area contributed by atoms with Gasteiger partial charge in [0.1, 0.15) is 0 Å². The predicted molar refractivity (Wildman–Crippen MR) is 87.5 cm³/mol. The number of carbonyl (C=O) groups excluding carboxylic acids is 1. The van der Waals surface area contributed by atoms with Gasteiger partial charge in [0, 0.05) is 11.8 Å². The lowest BCUT2D eigenvalue weighted by atomic mass is 9.65. The zero-order chi connectivity index (χ0) is 16.5. The van der Waals surface area contributed by atoms with Crippen molar-refractivity contribution in [2.75, 3.05) is 6.61 Å². The molecular weight excluding hydrogens is 312 g/mol. The second-order valence-electron chi connectivity index (χ2n) is 6.65. The van der Waals surface area contributed by atoms with Crippen LogP contribution in [0.5, 0.6) is 0 Å². The molecule has 1 unspecified atom stereocenters. The Bertz CT molecular complexity index is 731. The summed E-state index contributed by atoms with van der Waals surface area (Å²) in [6.07, 6.45) is 6.79. The Morgan fingerprint density at radius 3 is 2.57 bits per heavy atom. The number of fused-ring (bicyclic) bond motifs is 1. The minimum Gasteiger partial charge on any atom is -0.295 e. The van der Waals surface area contributed by atoms with E-state index in [2.05, 4.69) is 0 Å². The highest BCUT2D eigenvalue weighted by atomic mass is 32.2. The average molecular weight is 334 g/mol. The molecule has 1 fully saturated rings. The van der Waals surface area contributed by atoms with Gasteiger partial charge < -0.3 is 0 Å². The Hall–Kier alpha value is -1.46. The molecule has 0 aromatic heterocycles. The highest BCUT2D eigenvalue weighted by Crippen LogP contribution is 2.47. The van der Waals surface area contributed by atoms with Gasteiger partial charge in [-0.15, -0.1) is 0 Å². The molecule has 0 amide bonds. The summed E-state index contributed by atoms with van der Waals surface area (Å²) in [6, 6.07) is 6.67. The molecule has 0 spiro atoms. The van der Waals surface area contributed by atoms with Crippen LogP contribution < -0.4 is 0 Å². The largest absolute Gasteiger partial charge is 0.297 e. The van der Waals surface area contributed by atoms with E-state index in [9.17, 15) is 13.2 Å². The summed E-state index contributed by atoms with van der Waals surface area (Å²) in [5.41, 5.74) is 1.81. The number of carbonyl (C=O) groups is 1. The van der Waals surface area contributed by atoms with E-state index in [-0.39, 0.29) is 22.7 Å². The fourth-order valence-corrected chi connectivity index (χ4v) is 4.53. The zero-order valence-corrected chi connectivity index (χ0v) is 14.2. The first-order chi connectivity index (χ1) is 10.9. The standard InChI is InChI=1S/C18H22O4S/c1-14-5-7-17(8-6-14)23(20,21)22-13-18-10-3-2-4-15(18)12-16(19)9-11-18/h5-8,12H,2-4,9-11,13H2,1H3. The van der Waals surface area contributed by atoms with Crippen molar-refractivity contribution in [2.24, 2.45) is 5.41 Å². The lowest BCUT2D eigenvalue weighted by Crippen LogP contribution is -2.36. The van der Waals surface area contributed by atoms with Crippen molar-refractivity contribution in [3.63, 3.8) is 0 Å². The van der Waals surface area contributed by atoms with E-state index in [1.165, 1.54) is 0 Å². The summed E-state index contributed by atoms with van der Waals surface area (Å²) in [6.45, 7) is 2.05. The van der Waals surface area contributed by atoms with Crippen molar-refractivity contribution in [1.82, 2.24) is 0 Å². The van der Waals surface area contributed by atoms with E-state index >= 15 is 0 Å². The molecule has 0 bridgehead atoms. The Kier molecular flexibility index (Phi) is 4.43. The van der Waals surface area contributed by atoms with Gasteiger partial charge in [-0.25, -0.2) is 0 Å². The SMILES string of the molecule is Cc1ccc(S(=O)(=O)OCC23CCCCC2=CC(=O)CC3)cc1. The maximum atomic E-state index is 12.4. The zero-order valence-electron chi connectivity index (χ0n) is 13.4. The van der Waals surface area contributed by atoms with Crippen LogP contribution in [0, 0.1) is 12.3 Å². The van der Waals surface area contributed by atoms with Gasteiger partial charge in [0.2, 0.25) is 0 Å². The van der Waals surface area contributed by atoms with Crippen LogP contribution >= 0.6 is 0 Å². The van der Waals surface area contributed by atoms with Crippen LogP contribution in [0.4, 0.5) is 0 Å². The number of aryl methyl sites for hydroxylation is 1. The summed E-state index contributed by atoms with van der Waals surface area (Å²) in [4.78, 5) is 11.9. The number of hydrogen-bond donors (Lipinski definition) is 0. The van der Waals surface area contributed by atoms with Crippen molar-refractivity contribution in [3.05, 3.63) is 41.5 Å². The van der Waals surface area contributed by atoms with Gasteiger partial charge in [-0.1, -0.05) is 29.7 Å². The van der Waals surface area contributed by atoms with Gasteiger partial charge in [-0.2, -0.15) is 8.42 Å². The van der Waals surface area contributed by atoms with Gasteiger partial charge in [-0.05, 0) is 50.8 Å². The summed E-state index contributed by atoms with van der Waals surface area (Å²) >= 11 is 0. The molecule has 23 heavy (non-hydrogen) atoms. The second kappa shape index (κ2) is 6.21.